The molecule has 1 rings (SSSR count). The van der Waals surface area contributed by atoms with Gasteiger partial charge in [0.1, 0.15) is 5.60 Å². The number of anilines is 1. The molecule has 0 radical (unpaired) electrons. The summed E-state index contributed by atoms with van der Waals surface area (Å²) in [6, 6.07) is 6.10. The van der Waals surface area contributed by atoms with Gasteiger partial charge in [-0.15, -0.1) is 0 Å². The van der Waals surface area contributed by atoms with Crippen LogP contribution in [-0.2, 0) is 14.9 Å². The first kappa shape index (κ1) is 15.5. The van der Waals surface area contributed by atoms with Crippen LogP contribution in [0.25, 0.3) is 0 Å². The lowest BCUT2D eigenvalue weighted by Crippen LogP contribution is -2.27. The first-order chi connectivity index (χ1) is 8.63. The zero-order valence-electron chi connectivity index (χ0n) is 11.4. The molecule has 0 fully saturated rings. The summed E-state index contributed by atoms with van der Waals surface area (Å²) in [7, 11) is -2.31. The van der Waals surface area contributed by atoms with Gasteiger partial charge in [0.15, 0.2) is 0 Å². The number of nitrogens with one attached hydrogen (secondary N) is 2. The SMILES string of the molecule is CNS(=O)(=O)Nc1cccc(C(=O)OC(C)(C)C)c1. The minimum Gasteiger partial charge on any atom is -0.456 e. The second kappa shape index (κ2) is 5.58. The molecule has 0 unspecified atom stereocenters. The lowest BCUT2D eigenvalue weighted by Gasteiger charge is -2.19. The van der Waals surface area contributed by atoms with E-state index in [1.54, 1.807) is 39.0 Å². The van der Waals surface area contributed by atoms with Crippen LogP contribution in [0.3, 0.4) is 0 Å². The minimum atomic E-state index is -3.60. The molecule has 6 nitrogen and oxygen atoms in total. The van der Waals surface area contributed by atoms with E-state index >= 15 is 0 Å². The predicted molar refractivity (Wildman–Crippen MR) is 73.2 cm³/mol. The normalized spacial score (nSPS) is 12.0. The second-order valence-electron chi connectivity index (χ2n) is 4.89. The van der Waals surface area contributed by atoms with Crippen molar-refractivity contribution in [3.63, 3.8) is 0 Å². The molecule has 0 aliphatic rings. The summed E-state index contributed by atoms with van der Waals surface area (Å²) < 4.78 is 32.3. The number of hydrogen-bond acceptors (Lipinski definition) is 4. The average Bonchev–Trinajstić information content (AvgIpc) is 2.26. The molecule has 19 heavy (non-hydrogen) atoms. The molecular formula is C12H18N2O4S. The Morgan fingerprint density at radius 2 is 1.89 bits per heavy atom. The Balaban J connectivity index is 2.92. The number of carbonyl (C=O) groups is 1. The summed E-state index contributed by atoms with van der Waals surface area (Å²) in [6.45, 7) is 5.29. The van der Waals surface area contributed by atoms with Gasteiger partial charge in [0.2, 0.25) is 0 Å². The topological polar surface area (TPSA) is 84.5 Å². The molecule has 0 bridgehead atoms. The Morgan fingerprint density at radius 1 is 1.26 bits per heavy atom. The zero-order chi connectivity index (χ0) is 14.7. The highest BCUT2D eigenvalue weighted by Crippen LogP contribution is 2.16. The first-order valence-electron chi connectivity index (χ1n) is 5.68. The van der Waals surface area contributed by atoms with E-state index in [2.05, 4.69) is 9.44 Å². The fourth-order valence-electron chi connectivity index (χ4n) is 1.25. The number of hydrogen-bond donors (Lipinski definition) is 2. The number of carbonyl (C=O) groups excluding carboxylic acids is 1. The zero-order valence-corrected chi connectivity index (χ0v) is 12.2. The molecule has 106 valence electrons. The predicted octanol–water partition coefficient (Wildman–Crippen LogP) is 1.52. The van der Waals surface area contributed by atoms with E-state index in [1.807, 2.05) is 0 Å². The summed E-state index contributed by atoms with van der Waals surface area (Å²) in [5, 5.41) is 0. The van der Waals surface area contributed by atoms with Crippen LogP contribution in [0.4, 0.5) is 5.69 Å². The molecular weight excluding hydrogens is 268 g/mol. The Labute approximate surface area is 113 Å². The summed E-state index contributed by atoms with van der Waals surface area (Å²) in [5.74, 6) is -0.502. The smallest absolute Gasteiger partial charge is 0.338 e. The maximum atomic E-state index is 11.8. The van der Waals surface area contributed by atoms with Gasteiger partial charge in [-0.25, -0.2) is 9.52 Å². The van der Waals surface area contributed by atoms with Crippen LogP contribution in [0.15, 0.2) is 24.3 Å². The van der Waals surface area contributed by atoms with Gasteiger partial charge in [0.05, 0.1) is 11.3 Å². The van der Waals surface area contributed by atoms with Crippen molar-refractivity contribution in [2.75, 3.05) is 11.8 Å². The second-order valence-corrected chi connectivity index (χ2v) is 6.51. The maximum Gasteiger partial charge on any atom is 0.338 e. The Morgan fingerprint density at radius 3 is 2.42 bits per heavy atom. The molecule has 0 aliphatic carbocycles. The average molecular weight is 286 g/mol. The van der Waals surface area contributed by atoms with Crippen molar-refractivity contribution in [3.05, 3.63) is 29.8 Å². The van der Waals surface area contributed by atoms with Gasteiger partial charge in [-0.1, -0.05) is 6.07 Å². The van der Waals surface area contributed by atoms with Crippen molar-refractivity contribution in [2.45, 2.75) is 26.4 Å². The third-order valence-corrected chi connectivity index (χ3v) is 3.06. The van der Waals surface area contributed by atoms with E-state index in [0.29, 0.717) is 0 Å². The Bertz CT molecular complexity index is 561. The lowest BCUT2D eigenvalue weighted by molar-refractivity contribution is 0.00695. The van der Waals surface area contributed by atoms with Gasteiger partial charge in [-0.3, -0.25) is 4.72 Å². The molecule has 1 aromatic rings. The summed E-state index contributed by atoms with van der Waals surface area (Å²) >= 11 is 0. The van der Waals surface area contributed by atoms with Crippen LogP contribution in [0, 0.1) is 0 Å². The highest BCUT2D eigenvalue weighted by molar-refractivity contribution is 7.90. The Hall–Kier alpha value is -1.60. The van der Waals surface area contributed by atoms with Gasteiger partial charge in [0, 0.05) is 7.05 Å². The fourth-order valence-corrected chi connectivity index (χ4v) is 1.79. The molecule has 0 aromatic heterocycles. The third kappa shape index (κ3) is 5.27. The van der Waals surface area contributed by atoms with Crippen molar-refractivity contribution < 1.29 is 17.9 Å². The van der Waals surface area contributed by atoms with Crippen LogP contribution >= 0.6 is 0 Å². The molecule has 0 spiro atoms. The van der Waals surface area contributed by atoms with Crippen LogP contribution in [0.2, 0.25) is 0 Å². The summed E-state index contributed by atoms with van der Waals surface area (Å²) in [5.41, 5.74) is -0.0265. The fraction of sp³-hybridized carbons (Fsp3) is 0.417. The van der Waals surface area contributed by atoms with Gasteiger partial charge in [-0.05, 0) is 39.0 Å². The number of ether oxygens (including phenoxy) is 1. The van der Waals surface area contributed by atoms with Gasteiger partial charge in [0.25, 0.3) is 10.2 Å². The molecule has 0 saturated carbocycles. The quantitative estimate of drug-likeness (QED) is 0.822. The van der Waals surface area contributed by atoms with Crippen LogP contribution in [-0.4, -0.2) is 27.0 Å². The lowest BCUT2D eigenvalue weighted by atomic mass is 10.1. The van der Waals surface area contributed by atoms with Crippen molar-refractivity contribution >= 4 is 21.9 Å². The molecule has 0 amide bonds. The molecule has 7 heteroatoms. The van der Waals surface area contributed by atoms with Crippen molar-refractivity contribution in [3.8, 4) is 0 Å². The monoisotopic (exact) mass is 286 g/mol. The third-order valence-electron chi connectivity index (χ3n) is 2.02. The molecule has 0 atom stereocenters. The number of rotatable bonds is 4. The maximum absolute atomic E-state index is 11.8. The summed E-state index contributed by atoms with van der Waals surface area (Å²) in [4.78, 5) is 11.8. The number of benzene rings is 1. The molecule has 0 saturated heterocycles. The number of esters is 1. The minimum absolute atomic E-state index is 0.284. The van der Waals surface area contributed by atoms with Crippen LogP contribution < -0.4 is 9.44 Å². The van der Waals surface area contributed by atoms with E-state index in [-0.39, 0.29) is 11.3 Å². The highest BCUT2D eigenvalue weighted by atomic mass is 32.2. The van der Waals surface area contributed by atoms with E-state index in [4.69, 9.17) is 4.74 Å². The van der Waals surface area contributed by atoms with Crippen molar-refractivity contribution in [2.24, 2.45) is 0 Å². The van der Waals surface area contributed by atoms with E-state index in [0.717, 1.165) is 0 Å². The largest absolute Gasteiger partial charge is 0.456 e. The standard InChI is InChI=1S/C12H18N2O4S/c1-12(2,3)18-11(15)9-6-5-7-10(8-9)14-19(16,17)13-4/h5-8,13-14H,1-4H3. The van der Waals surface area contributed by atoms with E-state index < -0.39 is 21.8 Å². The van der Waals surface area contributed by atoms with E-state index in [1.165, 1.54) is 13.1 Å². The van der Waals surface area contributed by atoms with Crippen LogP contribution in [0.5, 0.6) is 0 Å². The summed E-state index contributed by atoms with van der Waals surface area (Å²) in [6.07, 6.45) is 0. The molecule has 0 heterocycles. The van der Waals surface area contributed by atoms with Gasteiger partial charge in [-0.2, -0.15) is 8.42 Å². The Kier molecular flexibility index (Phi) is 4.54. The van der Waals surface area contributed by atoms with Gasteiger partial charge < -0.3 is 4.74 Å². The van der Waals surface area contributed by atoms with E-state index in [9.17, 15) is 13.2 Å². The van der Waals surface area contributed by atoms with Crippen molar-refractivity contribution in [1.82, 2.24) is 4.72 Å². The molecule has 2 N–H and O–H groups in total. The highest BCUT2D eigenvalue weighted by Gasteiger charge is 2.18. The molecule has 0 aliphatic heterocycles. The molecule has 1 aromatic carbocycles. The van der Waals surface area contributed by atoms with Crippen LogP contribution in [0.1, 0.15) is 31.1 Å². The van der Waals surface area contributed by atoms with Crippen molar-refractivity contribution in [1.29, 1.82) is 0 Å². The van der Waals surface area contributed by atoms with Gasteiger partial charge >= 0.3 is 5.97 Å². The first-order valence-corrected chi connectivity index (χ1v) is 7.16.